The third-order valence-corrected chi connectivity index (χ3v) is 5.85. The predicted molar refractivity (Wildman–Crippen MR) is 85.9 cm³/mol. The summed E-state index contributed by atoms with van der Waals surface area (Å²) in [5.74, 6) is -0.116. The first-order valence-electron chi connectivity index (χ1n) is 6.54. The van der Waals surface area contributed by atoms with Gasteiger partial charge in [0.05, 0.1) is 16.2 Å². The third-order valence-electron chi connectivity index (χ3n) is 3.14. The van der Waals surface area contributed by atoms with E-state index in [4.69, 9.17) is 0 Å². The summed E-state index contributed by atoms with van der Waals surface area (Å²) in [5.41, 5.74) is 1.24. The maximum atomic E-state index is 12.2. The van der Waals surface area contributed by atoms with E-state index in [1.807, 2.05) is 19.9 Å². The largest absolute Gasteiger partial charge is 0.322 e. The highest BCUT2D eigenvalue weighted by molar-refractivity contribution is 7.91. The van der Waals surface area contributed by atoms with Gasteiger partial charge in [-0.15, -0.1) is 11.3 Å². The molecule has 0 bridgehead atoms. The summed E-state index contributed by atoms with van der Waals surface area (Å²) in [7, 11) is -3.21. The summed E-state index contributed by atoms with van der Waals surface area (Å²) in [5, 5.41) is 2.78. The SMILES string of the molecule is CCS(=O)(=O)c1ccc(NC(=O)c2cc(C)sc2C)cc1. The fourth-order valence-electron chi connectivity index (χ4n) is 1.97. The molecule has 4 nitrogen and oxygen atoms in total. The Morgan fingerprint density at radius 3 is 2.29 bits per heavy atom. The molecule has 0 fully saturated rings. The number of nitrogens with one attached hydrogen (secondary N) is 1. The van der Waals surface area contributed by atoms with E-state index in [-0.39, 0.29) is 16.6 Å². The lowest BCUT2D eigenvalue weighted by Gasteiger charge is -2.06. The van der Waals surface area contributed by atoms with Crippen molar-refractivity contribution in [3.63, 3.8) is 0 Å². The number of benzene rings is 1. The van der Waals surface area contributed by atoms with Gasteiger partial charge in [0.25, 0.3) is 5.91 Å². The first-order chi connectivity index (χ1) is 9.83. The van der Waals surface area contributed by atoms with Crippen LogP contribution < -0.4 is 5.32 Å². The Labute approximate surface area is 128 Å². The Bertz CT molecular complexity index is 759. The summed E-state index contributed by atoms with van der Waals surface area (Å²) in [6.07, 6.45) is 0. The van der Waals surface area contributed by atoms with Crippen molar-refractivity contribution >= 4 is 32.8 Å². The standard InChI is InChI=1S/C15H17NO3S2/c1-4-21(18,19)13-7-5-12(6-8-13)16-15(17)14-9-10(2)20-11(14)3/h5-9H,4H2,1-3H3,(H,16,17). The molecule has 1 N–H and O–H groups in total. The van der Waals surface area contributed by atoms with Crippen LogP contribution in [0.3, 0.4) is 0 Å². The van der Waals surface area contributed by atoms with Crippen molar-refractivity contribution in [3.8, 4) is 0 Å². The number of thiophene rings is 1. The van der Waals surface area contributed by atoms with Crippen LogP contribution in [0, 0.1) is 13.8 Å². The number of carbonyl (C=O) groups is 1. The van der Waals surface area contributed by atoms with Gasteiger partial charge in [-0.3, -0.25) is 4.79 Å². The van der Waals surface area contributed by atoms with Crippen molar-refractivity contribution in [2.45, 2.75) is 25.7 Å². The van der Waals surface area contributed by atoms with E-state index in [0.29, 0.717) is 11.3 Å². The number of hydrogen-bond acceptors (Lipinski definition) is 4. The number of carbonyl (C=O) groups excluding carboxylic acids is 1. The number of amides is 1. The quantitative estimate of drug-likeness (QED) is 0.938. The molecule has 21 heavy (non-hydrogen) atoms. The minimum absolute atomic E-state index is 0.0616. The van der Waals surface area contributed by atoms with Gasteiger partial charge in [-0.25, -0.2) is 8.42 Å². The summed E-state index contributed by atoms with van der Waals surface area (Å²) >= 11 is 1.58. The Kier molecular flexibility index (Phi) is 4.49. The van der Waals surface area contributed by atoms with Crippen LogP contribution in [-0.4, -0.2) is 20.1 Å². The summed E-state index contributed by atoms with van der Waals surface area (Å²) in [6, 6.07) is 8.09. The lowest BCUT2D eigenvalue weighted by molar-refractivity contribution is 0.102. The molecule has 0 unspecified atom stereocenters. The zero-order valence-corrected chi connectivity index (χ0v) is 13.8. The van der Waals surface area contributed by atoms with Gasteiger partial charge in [0.2, 0.25) is 0 Å². The minimum Gasteiger partial charge on any atom is -0.322 e. The lowest BCUT2D eigenvalue weighted by atomic mass is 10.2. The fourth-order valence-corrected chi connectivity index (χ4v) is 3.77. The van der Waals surface area contributed by atoms with Crippen molar-refractivity contribution in [1.82, 2.24) is 0 Å². The van der Waals surface area contributed by atoms with Crippen LogP contribution >= 0.6 is 11.3 Å². The maximum Gasteiger partial charge on any atom is 0.256 e. The highest BCUT2D eigenvalue weighted by Gasteiger charge is 2.14. The van der Waals surface area contributed by atoms with E-state index in [9.17, 15) is 13.2 Å². The Balaban J connectivity index is 2.18. The van der Waals surface area contributed by atoms with E-state index in [1.165, 1.54) is 12.1 Å². The van der Waals surface area contributed by atoms with Crippen LogP contribution in [0.1, 0.15) is 27.0 Å². The Morgan fingerprint density at radius 2 is 1.81 bits per heavy atom. The van der Waals surface area contributed by atoms with Crippen molar-refractivity contribution in [2.75, 3.05) is 11.1 Å². The van der Waals surface area contributed by atoms with Gasteiger partial charge in [0, 0.05) is 15.4 Å². The molecule has 112 valence electrons. The molecule has 0 saturated carbocycles. The van der Waals surface area contributed by atoms with Gasteiger partial charge >= 0.3 is 0 Å². The number of aryl methyl sites for hydroxylation is 2. The van der Waals surface area contributed by atoms with Crippen LogP contribution in [0.4, 0.5) is 5.69 Å². The molecular weight excluding hydrogens is 306 g/mol. The lowest BCUT2D eigenvalue weighted by Crippen LogP contribution is -2.12. The van der Waals surface area contributed by atoms with Gasteiger partial charge in [-0.1, -0.05) is 6.92 Å². The zero-order valence-electron chi connectivity index (χ0n) is 12.1. The van der Waals surface area contributed by atoms with Gasteiger partial charge in [-0.2, -0.15) is 0 Å². The number of rotatable bonds is 4. The molecule has 1 aromatic heterocycles. The molecule has 0 aliphatic heterocycles. The fraction of sp³-hybridized carbons (Fsp3) is 0.267. The van der Waals surface area contributed by atoms with Crippen LogP contribution in [-0.2, 0) is 9.84 Å². The highest BCUT2D eigenvalue weighted by Crippen LogP contribution is 2.22. The molecule has 0 aliphatic rings. The van der Waals surface area contributed by atoms with Gasteiger partial charge in [-0.05, 0) is 44.2 Å². The molecule has 2 aromatic rings. The Hall–Kier alpha value is -1.66. The average molecular weight is 323 g/mol. The summed E-state index contributed by atoms with van der Waals surface area (Å²) < 4.78 is 23.4. The molecule has 1 heterocycles. The molecule has 0 spiro atoms. The maximum absolute atomic E-state index is 12.2. The van der Waals surface area contributed by atoms with Crippen molar-refractivity contribution in [3.05, 3.63) is 45.6 Å². The van der Waals surface area contributed by atoms with Crippen LogP contribution in [0.5, 0.6) is 0 Å². The van der Waals surface area contributed by atoms with Crippen LogP contribution in [0.15, 0.2) is 35.2 Å². The first kappa shape index (κ1) is 15.7. The molecule has 0 atom stereocenters. The van der Waals surface area contributed by atoms with Crippen molar-refractivity contribution in [1.29, 1.82) is 0 Å². The number of hydrogen-bond donors (Lipinski definition) is 1. The normalized spacial score (nSPS) is 11.4. The number of anilines is 1. The smallest absolute Gasteiger partial charge is 0.256 e. The number of sulfone groups is 1. The van der Waals surface area contributed by atoms with Crippen molar-refractivity contribution in [2.24, 2.45) is 0 Å². The highest BCUT2D eigenvalue weighted by atomic mass is 32.2. The van der Waals surface area contributed by atoms with E-state index in [1.54, 1.807) is 30.4 Å². The van der Waals surface area contributed by atoms with Gasteiger partial charge < -0.3 is 5.32 Å². The second kappa shape index (κ2) is 5.99. The van der Waals surface area contributed by atoms with Crippen LogP contribution in [0.25, 0.3) is 0 Å². The van der Waals surface area contributed by atoms with Crippen LogP contribution in [0.2, 0.25) is 0 Å². The zero-order chi connectivity index (χ0) is 15.6. The van der Waals surface area contributed by atoms with E-state index in [0.717, 1.165) is 9.75 Å². The molecule has 1 amide bonds. The summed E-state index contributed by atoms with van der Waals surface area (Å²) in [4.78, 5) is 14.5. The van der Waals surface area contributed by atoms with E-state index in [2.05, 4.69) is 5.32 Å². The minimum atomic E-state index is -3.21. The van der Waals surface area contributed by atoms with E-state index >= 15 is 0 Å². The monoisotopic (exact) mass is 323 g/mol. The van der Waals surface area contributed by atoms with E-state index < -0.39 is 9.84 Å². The first-order valence-corrected chi connectivity index (χ1v) is 9.01. The second-order valence-corrected chi connectivity index (χ2v) is 8.45. The molecular formula is C15H17NO3S2. The predicted octanol–water partition coefficient (Wildman–Crippen LogP) is 3.41. The molecule has 6 heteroatoms. The average Bonchev–Trinajstić information content (AvgIpc) is 2.78. The topological polar surface area (TPSA) is 63.2 Å². The van der Waals surface area contributed by atoms with Gasteiger partial charge in [0.15, 0.2) is 9.84 Å². The molecule has 0 saturated heterocycles. The molecule has 2 rings (SSSR count). The second-order valence-electron chi connectivity index (χ2n) is 4.71. The molecule has 1 aromatic carbocycles. The molecule has 0 radical (unpaired) electrons. The third kappa shape index (κ3) is 3.51. The van der Waals surface area contributed by atoms with Crippen molar-refractivity contribution < 1.29 is 13.2 Å². The summed E-state index contributed by atoms with van der Waals surface area (Å²) in [6.45, 7) is 5.47. The molecule has 0 aliphatic carbocycles. The van der Waals surface area contributed by atoms with Gasteiger partial charge in [0.1, 0.15) is 0 Å². The Morgan fingerprint density at radius 1 is 1.19 bits per heavy atom.